The molecule has 0 spiro atoms. The number of aromatic hydroxyl groups is 1. The van der Waals surface area contributed by atoms with E-state index in [1.165, 1.54) is 6.07 Å². The van der Waals surface area contributed by atoms with Crippen molar-refractivity contribution < 1.29 is 9.50 Å². The van der Waals surface area contributed by atoms with Crippen LogP contribution in [0.4, 0.5) is 10.1 Å². The molecule has 2 aromatic carbocycles. The first-order chi connectivity index (χ1) is 12.2. The summed E-state index contributed by atoms with van der Waals surface area (Å²) in [6, 6.07) is 11.4. The first kappa shape index (κ1) is 13.9. The molecule has 25 heavy (non-hydrogen) atoms. The minimum absolute atomic E-state index is 0.109. The summed E-state index contributed by atoms with van der Waals surface area (Å²) < 4.78 is 14.6. The number of nitrogens with one attached hydrogen (secondary N) is 2. The Hall–Kier alpha value is -3.48. The number of nitrogens with zero attached hydrogens (tertiary/aromatic N) is 3. The zero-order valence-corrected chi connectivity index (χ0v) is 12.9. The highest BCUT2D eigenvalue weighted by molar-refractivity contribution is 5.98. The highest BCUT2D eigenvalue weighted by Gasteiger charge is 2.28. The van der Waals surface area contributed by atoms with Crippen LogP contribution < -0.4 is 5.32 Å². The molecule has 0 saturated heterocycles. The number of aromatic nitrogens is 4. The van der Waals surface area contributed by atoms with Crippen molar-refractivity contribution in [1.82, 2.24) is 20.4 Å². The minimum atomic E-state index is -0.484. The van der Waals surface area contributed by atoms with Crippen LogP contribution >= 0.6 is 0 Å². The lowest BCUT2D eigenvalue weighted by atomic mass is 9.98. The Morgan fingerprint density at radius 2 is 1.92 bits per heavy atom. The van der Waals surface area contributed by atoms with Gasteiger partial charge in [0.25, 0.3) is 0 Å². The Bertz CT molecular complexity index is 1120. The number of para-hydroxylation sites is 1. The predicted molar refractivity (Wildman–Crippen MR) is 90.7 cm³/mol. The Morgan fingerprint density at radius 3 is 2.80 bits per heavy atom. The molecule has 0 fully saturated rings. The van der Waals surface area contributed by atoms with E-state index in [0.717, 1.165) is 28.3 Å². The zero-order chi connectivity index (χ0) is 17.0. The van der Waals surface area contributed by atoms with Crippen LogP contribution in [0.2, 0.25) is 0 Å². The van der Waals surface area contributed by atoms with Crippen molar-refractivity contribution in [2.24, 2.45) is 0 Å². The summed E-state index contributed by atoms with van der Waals surface area (Å²) in [7, 11) is 0. The van der Waals surface area contributed by atoms with Gasteiger partial charge in [-0.15, -0.1) is 10.2 Å². The standard InChI is InChI=1S/C18H12FN5O/c19-13-7-9(25)5-6-10(13)16-12-8-20-18-15(12)17(22-24-23-18)11-3-1-2-4-14(11)21-16/h1-8,16,21,25H,(H,20,22,23). The fraction of sp³-hybridized carbons (Fsp3) is 0.0556. The fourth-order valence-corrected chi connectivity index (χ4v) is 3.38. The summed E-state index contributed by atoms with van der Waals surface area (Å²) >= 11 is 0. The van der Waals surface area contributed by atoms with Crippen molar-refractivity contribution in [2.45, 2.75) is 6.04 Å². The van der Waals surface area contributed by atoms with Crippen LogP contribution in [-0.4, -0.2) is 25.5 Å². The topological polar surface area (TPSA) is 86.7 Å². The number of halogens is 1. The maximum absolute atomic E-state index is 14.6. The van der Waals surface area contributed by atoms with E-state index >= 15 is 0 Å². The average molecular weight is 333 g/mol. The third-order valence-corrected chi connectivity index (χ3v) is 4.50. The van der Waals surface area contributed by atoms with Gasteiger partial charge in [0.05, 0.1) is 11.4 Å². The van der Waals surface area contributed by atoms with Crippen LogP contribution in [-0.2, 0) is 0 Å². The SMILES string of the molecule is Oc1ccc(C2Nc3ccccc3-c3nnnc4[nH]cc2c34)c(F)c1. The molecule has 1 aliphatic rings. The number of fused-ring (bicyclic) bond motifs is 2. The molecule has 122 valence electrons. The molecule has 1 unspecified atom stereocenters. The highest BCUT2D eigenvalue weighted by atomic mass is 19.1. The van der Waals surface area contributed by atoms with E-state index in [4.69, 9.17) is 0 Å². The Balaban J connectivity index is 1.85. The van der Waals surface area contributed by atoms with Crippen LogP contribution in [0.25, 0.3) is 22.3 Å². The van der Waals surface area contributed by atoms with Crippen LogP contribution in [0.15, 0.2) is 48.7 Å². The summed E-state index contributed by atoms with van der Waals surface area (Å²) in [6.07, 6.45) is 1.79. The van der Waals surface area contributed by atoms with Gasteiger partial charge in [-0.1, -0.05) is 24.3 Å². The van der Waals surface area contributed by atoms with Crippen LogP contribution in [0, 0.1) is 5.82 Å². The first-order valence-electron chi connectivity index (χ1n) is 7.77. The van der Waals surface area contributed by atoms with Crippen molar-refractivity contribution >= 4 is 16.7 Å². The summed E-state index contributed by atoms with van der Waals surface area (Å²) in [4.78, 5) is 3.08. The molecule has 2 aromatic heterocycles. The van der Waals surface area contributed by atoms with Crippen molar-refractivity contribution in [1.29, 1.82) is 0 Å². The molecule has 0 aliphatic carbocycles. The van der Waals surface area contributed by atoms with Gasteiger partial charge >= 0.3 is 0 Å². The molecule has 3 heterocycles. The lowest BCUT2D eigenvalue weighted by Gasteiger charge is -2.20. The summed E-state index contributed by atoms with van der Waals surface area (Å²) in [5.41, 5.74) is 4.27. The molecule has 1 aliphatic heterocycles. The largest absolute Gasteiger partial charge is 0.508 e. The molecule has 5 rings (SSSR count). The summed E-state index contributed by atoms with van der Waals surface area (Å²) in [5.74, 6) is -0.592. The van der Waals surface area contributed by atoms with Gasteiger partial charge in [0, 0.05) is 34.6 Å². The third kappa shape index (κ3) is 1.99. The van der Waals surface area contributed by atoms with E-state index < -0.39 is 11.9 Å². The fourth-order valence-electron chi connectivity index (χ4n) is 3.38. The van der Waals surface area contributed by atoms with E-state index in [9.17, 15) is 9.50 Å². The highest BCUT2D eigenvalue weighted by Crippen LogP contribution is 2.42. The molecular formula is C18H12FN5O. The third-order valence-electron chi connectivity index (χ3n) is 4.50. The van der Waals surface area contributed by atoms with Crippen molar-refractivity contribution in [2.75, 3.05) is 5.32 Å². The van der Waals surface area contributed by atoms with Crippen molar-refractivity contribution in [3.05, 3.63) is 65.6 Å². The molecule has 0 amide bonds. The van der Waals surface area contributed by atoms with Gasteiger partial charge in [-0.25, -0.2) is 4.39 Å². The van der Waals surface area contributed by atoms with Gasteiger partial charge in [0.15, 0.2) is 5.65 Å². The number of hydrogen-bond acceptors (Lipinski definition) is 5. The van der Waals surface area contributed by atoms with Crippen LogP contribution in [0.3, 0.4) is 0 Å². The zero-order valence-electron chi connectivity index (χ0n) is 12.9. The second-order valence-corrected chi connectivity index (χ2v) is 5.93. The minimum Gasteiger partial charge on any atom is -0.508 e. The Morgan fingerprint density at radius 1 is 1.04 bits per heavy atom. The van der Waals surface area contributed by atoms with Crippen molar-refractivity contribution in [3.63, 3.8) is 0 Å². The number of H-pyrrole nitrogens is 1. The summed E-state index contributed by atoms with van der Waals surface area (Å²) in [6.45, 7) is 0. The van der Waals surface area contributed by atoms with Gasteiger partial charge < -0.3 is 15.4 Å². The molecule has 0 saturated carbocycles. The lowest BCUT2D eigenvalue weighted by molar-refractivity contribution is 0.467. The van der Waals surface area contributed by atoms with Gasteiger partial charge in [-0.3, -0.25) is 0 Å². The van der Waals surface area contributed by atoms with Gasteiger partial charge in [-0.05, 0) is 17.3 Å². The normalized spacial score (nSPS) is 15.5. The molecule has 4 aromatic rings. The van der Waals surface area contributed by atoms with Crippen molar-refractivity contribution in [3.8, 4) is 17.0 Å². The molecule has 3 N–H and O–H groups in total. The second-order valence-electron chi connectivity index (χ2n) is 5.93. The molecule has 6 nitrogen and oxygen atoms in total. The predicted octanol–water partition coefficient (Wildman–Crippen LogP) is 3.38. The maximum Gasteiger partial charge on any atom is 0.164 e. The molecule has 1 atom stereocenters. The van der Waals surface area contributed by atoms with Gasteiger partial charge in [0.2, 0.25) is 0 Å². The number of hydrogen-bond donors (Lipinski definition) is 3. The van der Waals surface area contributed by atoms with Crippen LogP contribution in [0.5, 0.6) is 5.75 Å². The number of anilines is 1. The summed E-state index contributed by atoms with van der Waals surface area (Å²) in [5, 5.41) is 25.8. The molecule has 0 radical (unpaired) electrons. The second kappa shape index (κ2) is 5.01. The number of phenolic OH excluding ortho intramolecular Hbond substituents is 1. The van der Waals surface area contributed by atoms with Gasteiger partial charge in [-0.2, -0.15) is 0 Å². The number of phenols is 1. The average Bonchev–Trinajstić information content (AvgIpc) is 2.98. The van der Waals surface area contributed by atoms with Crippen LogP contribution in [0.1, 0.15) is 17.2 Å². The smallest absolute Gasteiger partial charge is 0.164 e. The van der Waals surface area contributed by atoms with E-state index in [1.54, 1.807) is 12.3 Å². The van der Waals surface area contributed by atoms with E-state index in [0.29, 0.717) is 16.9 Å². The Labute approximate surface area is 141 Å². The maximum atomic E-state index is 14.6. The number of benzene rings is 2. The van der Waals surface area contributed by atoms with Gasteiger partial charge in [0.1, 0.15) is 17.3 Å². The quantitative estimate of drug-likeness (QED) is 0.497. The van der Waals surface area contributed by atoms with E-state index in [-0.39, 0.29) is 5.75 Å². The van der Waals surface area contributed by atoms with E-state index in [2.05, 4.69) is 25.7 Å². The molecule has 0 bridgehead atoms. The number of aromatic amines is 1. The molecular weight excluding hydrogens is 321 g/mol. The monoisotopic (exact) mass is 333 g/mol. The lowest BCUT2D eigenvalue weighted by Crippen LogP contribution is -2.13. The first-order valence-corrected chi connectivity index (χ1v) is 7.77. The molecule has 7 heteroatoms. The Kier molecular flexibility index (Phi) is 2.79. The van der Waals surface area contributed by atoms with E-state index in [1.807, 2.05) is 24.3 Å². The number of rotatable bonds is 1.